The number of phenolic OH excluding ortho intramolecular Hbond substituents is 1. The molecule has 192 valence electrons. The Morgan fingerprint density at radius 3 is 2.08 bits per heavy atom. The molecule has 1 heterocycles. The summed E-state index contributed by atoms with van der Waals surface area (Å²) in [6, 6.07) is 6.61. The van der Waals surface area contributed by atoms with Crippen molar-refractivity contribution in [3.05, 3.63) is 88.5 Å². The largest absolute Gasteiger partial charge is 0.505 e. The van der Waals surface area contributed by atoms with Gasteiger partial charge >= 0.3 is 5.97 Å². The van der Waals surface area contributed by atoms with Crippen molar-refractivity contribution in [1.82, 2.24) is 0 Å². The highest BCUT2D eigenvalue weighted by atomic mass is 19.2. The van der Waals surface area contributed by atoms with Crippen molar-refractivity contribution < 1.29 is 45.7 Å². The van der Waals surface area contributed by atoms with Gasteiger partial charge in [0.25, 0.3) is 0 Å². The van der Waals surface area contributed by atoms with E-state index in [1.54, 1.807) is 0 Å². The summed E-state index contributed by atoms with van der Waals surface area (Å²) >= 11 is 0. The van der Waals surface area contributed by atoms with Crippen LogP contribution in [-0.2, 0) is 9.53 Å². The molecule has 4 nitrogen and oxygen atoms in total. The number of hydrogen-bond donors (Lipinski definition) is 1. The Hall–Kier alpha value is -3.79. The third kappa shape index (κ3) is 4.57. The summed E-state index contributed by atoms with van der Waals surface area (Å²) in [6.07, 6.45) is 1.31. The van der Waals surface area contributed by atoms with Crippen molar-refractivity contribution in [2.24, 2.45) is 5.92 Å². The van der Waals surface area contributed by atoms with Crippen LogP contribution in [0.1, 0.15) is 36.5 Å². The van der Waals surface area contributed by atoms with Crippen LogP contribution in [0.5, 0.6) is 11.5 Å². The molecule has 0 amide bonds. The Kier molecular flexibility index (Phi) is 6.45. The highest BCUT2D eigenvalue weighted by Gasteiger charge is 2.31. The molecule has 10 heteroatoms. The van der Waals surface area contributed by atoms with Gasteiger partial charge in [0.1, 0.15) is 6.10 Å². The predicted octanol–water partition coefficient (Wildman–Crippen LogP) is 6.75. The lowest BCUT2D eigenvalue weighted by atomic mass is 9.86. The van der Waals surface area contributed by atoms with Crippen LogP contribution in [-0.4, -0.2) is 17.7 Å². The van der Waals surface area contributed by atoms with Gasteiger partial charge in [-0.2, -0.15) is 8.78 Å². The Balaban J connectivity index is 1.34. The normalized spacial score (nSPS) is 18.9. The van der Waals surface area contributed by atoms with Crippen molar-refractivity contribution in [3.63, 3.8) is 0 Å². The van der Waals surface area contributed by atoms with Crippen molar-refractivity contribution in [2.75, 3.05) is 6.61 Å². The SMILES string of the molecule is O=C(Oc1ccc(O)c(F)c1F)C1CC=C(c2ccc(-c3ccc(C4CO4)c(F)c3F)c(F)c2F)CC1. The Labute approximate surface area is 206 Å². The topological polar surface area (TPSA) is 59.1 Å². The van der Waals surface area contributed by atoms with Crippen molar-refractivity contribution in [2.45, 2.75) is 25.4 Å². The van der Waals surface area contributed by atoms with E-state index in [1.165, 1.54) is 24.3 Å². The van der Waals surface area contributed by atoms with Crippen molar-refractivity contribution in [1.29, 1.82) is 0 Å². The fourth-order valence-electron chi connectivity index (χ4n) is 4.34. The Bertz CT molecular complexity index is 1450. The minimum absolute atomic E-state index is 0.0116. The number of allylic oxidation sites excluding steroid dienone is 2. The third-order valence-corrected chi connectivity index (χ3v) is 6.49. The van der Waals surface area contributed by atoms with Crippen LogP contribution in [0.2, 0.25) is 0 Å². The van der Waals surface area contributed by atoms with Gasteiger partial charge in [0.15, 0.2) is 34.8 Å². The van der Waals surface area contributed by atoms with Crippen LogP contribution in [0.25, 0.3) is 16.7 Å². The number of ether oxygens (including phenoxy) is 2. The maximum absolute atomic E-state index is 15.0. The van der Waals surface area contributed by atoms with Crippen LogP contribution < -0.4 is 4.74 Å². The molecule has 0 saturated carbocycles. The highest BCUT2D eigenvalue weighted by molar-refractivity contribution is 5.78. The summed E-state index contributed by atoms with van der Waals surface area (Å²) in [5.74, 6) is -11.3. The molecule has 5 rings (SSSR count). The number of hydrogen-bond acceptors (Lipinski definition) is 4. The summed E-state index contributed by atoms with van der Waals surface area (Å²) in [5.41, 5.74) is -0.562. The van der Waals surface area contributed by atoms with Gasteiger partial charge < -0.3 is 14.6 Å². The molecule has 2 aliphatic rings. The lowest BCUT2D eigenvalue weighted by Gasteiger charge is -2.21. The molecule has 3 aromatic rings. The molecular formula is C27H18F6O4. The van der Waals surface area contributed by atoms with Gasteiger partial charge in [0, 0.05) is 22.3 Å². The molecule has 1 N–H and O–H groups in total. The third-order valence-electron chi connectivity index (χ3n) is 6.49. The first kappa shape index (κ1) is 24.9. The Morgan fingerprint density at radius 2 is 1.43 bits per heavy atom. The monoisotopic (exact) mass is 520 g/mol. The summed E-state index contributed by atoms with van der Waals surface area (Å²) in [5, 5.41) is 9.17. The van der Waals surface area contributed by atoms with E-state index in [-0.39, 0.29) is 37.0 Å². The van der Waals surface area contributed by atoms with E-state index in [1.807, 2.05) is 0 Å². The van der Waals surface area contributed by atoms with Gasteiger partial charge in [0.05, 0.1) is 12.5 Å². The molecule has 0 bridgehead atoms. The second-order valence-corrected chi connectivity index (χ2v) is 8.77. The van der Waals surface area contributed by atoms with E-state index in [2.05, 4.69) is 0 Å². The standard InChI is InChI=1S/C27H18F6O4/c28-21-14(5-6-15(22(21)29)16-7-8-17(20-11-36-20)24(31)23(16)30)12-1-3-13(4-2-12)27(35)37-19-10-9-18(34)25(32)26(19)33/h1,5-10,13,20,34H,2-4,11H2. The van der Waals surface area contributed by atoms with E-state index in [0.29, 0.717) is 5.57 Å². The van der Waals surface area contributed by atoms with Crippen molar-refractivity contribution in [3.8, 4) is 22.6 Å². The molecule has 37 heavy (non-hydrogen) atoms. The summed E-state index contributed by atoms with van der Waals surface area (Å²) < 4.78 is 96.2. The number of benzene rings is 3. The smallest absolute Gasteiger partial charge is 0.314 e. The molecule has 0 radical (unpaired) electrons. The molecule has 1 saturated heterocycles. The number of esters is 1. The van der Waals surface area contributed by atoms with E-state index in [9.17, 15) is 31.1 Å². The minimum Gasteiger partial charge on any atom is -0.505 e. The zero-order valence-corrected chi connectivity index (χ0v) is 19.0. The van der Waals surface area contributed by atoms with Gasteiger partial charge in [-0.25, -0.2) is 17.6 Å². The van der Waals surface area contributed by atoms with Gasteiger partial charge in [-0.15, -0.1) is 0 Å². The van der Waals surface area contributed by atoms with Gasteiger partial charge in [-0.05, 0) is 37.0 Å². The molecule has 0 spiro atoms. The zero-order chi connectivity index (χ0) is 26.4. The number of rotatable bonds is 5. The number of aromatic hydroxyl groups is 1. The van der Waals surface area contributed by atoms with Gasteiger partial charge in [-0.3, -0.25) is 4.79 Å². The molecule has 0 aromatic heterocycles. The molecular weight excluding hydrogens is 502 g/mol. The second-order valence-electron chi connectivity index (χ2n) is 8.77. The van der Waals surface area contributed by atoms with Crippen LogP contribution in [0, 0.1) is 40.8 Å². The van der Waals surface area contributed by atoms with E-state index in [4.69, 9.17) is 14.6 Å². The van der Waals surface area contributed by atoms with Gasteiger partial charge in [-0.1, -0.05) is 30.3 Å². The number of phenols is 1. The zero-order valence-electron chi connectivity index (χ0n) is 19.0. The Morgan fingerprint density at radius 1 is 0.811 bits per heavy atom. The van der Waals surface area contributed by atoms with Crippen LogP contribution >= 0.6 is 0 Å². The molecule has 1 fully saturated rings. The molecule has 2 atom stereocenters. The summed E-state index contributed by atoms with van der Waals surface area (Å²) in [6.45, 7) is 0.257. The summed E-state index contributed by atoms with van der Waals surface area (Å²) in [7, 11) is 0. The average Bonchev–Trinajstić information content (AvgIpc) is 3.73. The van der Waals surface area contributed by atoms with Crippen LogP contribution in [0.4, 0.5) is 26.3 Å². The highest BCUT2D eigenvalue weighted by Crippen LogP contribution is 2.39. The number of carbonyl (C=O) groups is 1. The fourth-order valence-corrected chi connectivity index (χ4v) is 4.34. The van der Waals surface area contributed by atoms with Gasteiger partial charge in [0.2, 0.25) is 11.6 Å². The molecule has 1 aliphatic heterocycles. The summed E-state index contributed by atoms with van der Waals surface area (Å²) in [4.78, 5) is 12.4. The molecule has 3 aromatic carbocycles. The van der Waals surface area contributed by atoms with E-state index in [0.717, 1.165) is 18.2 Å². The fraction of sp³-hybridized carbons (Fsp3) is 0.222. The minimum atomic E-state index is -1.55. The second kappa shape index (κ2) is 9.59. The van der Waals surface area contributed by atoms with Crippen molar-refractivity contribution >= 4 is 11.5 Å². The predicted molar refractivity (Wildman–Crippen MR) is 119 cm³/mol. The quantitative estimate of drug-likeness (QED) is 0.175. The average molecular weight is 520 g/mol. The first-order chi connectivity index (χ1) is 17.7. The molecule has 2 unspecified atom stereocenters. The number of epoxide rings is 1. The van der Waals surface area contributed by atoms with E-state index < -0.39 is 75.5 Å². The maximum atomic E-state index is 15.0. The first-order valence-corrected chi connectivity index (χ1v) is 11.3. The number of carbonyl (C=O) groups excluding carboxylic acids is 1. The lowest BCUT2D eigenvalue weighted by molar-refractivity contribution is -0.139. The van der Waals surface area contributed by atoms with Crippen LogP contribution in [0.3, 0.4) is 0 Å². The first-order valence-electron chi connectivity index (χ1n) is 11.3. The number of halogens is 6. The van der Waals surface area contributed by atoms with Crippen LogP contribution in [0.15, 0.2) is 42.5 Å². The van der Waals surface area contributed by atoms with E-state index >= 15 is 0 Å². The lowest BCUT2D eigenvalue weighted by Crippen LogP contribution is -2.22. The molecule has 1 aliphatic carbocycles. The maximum Gasteiger partial charge on any atom is 0.314 e.